The number of amides is 1. The quantitative estimate of drug-likeness (QED) is 0.259. The van der Waals surface area contributed by atoms with Crippen molar-refractivity contribution in [2.45, 2.75) is 91.0 Å². The van der Waals surface area contributed by atoms with E-state index in [1.54, 1.807) is 37.4 Å². The van der Waals surface area contributed by atoms with Crippen LogP contribution < -0.4 is 16.0 Å². The van der Waals surface area contributed by atoms with Gasteiger partial charge in [0.2, 0.25) is 5.95 Å². The molecule has 0 saturated heterocycles. The van der Waals surface area contributed by atoms with Crippen LogP contribution >= 0.6 is 0 Å². The highest BCUT2D eigenvalue weighted by molar-refractivity contribution is 5.91. The minimum absolute atomic E-state index is 0.122. The van der Waals surface area contributed by atoms with Gasteiger partial charge in [-0.25, -0.2) is 14.6 Å². The molecule has 3 aromatic rings. The molecule has 10 nitrogen and oxygen atoms in total. The molecule has 0 aliphatic heterocycles. The Hall–Kier alpha value is -3.95. The molecule has 1 aliphatic carbocycles. The fourth-order valence-corrected chi connectivity index (χ4v) is 4.82. The highest BCUT2D eigenvalue weighted by Crippen LogP contribution is 2.29. The predicted molar refractivity (Wildman–Crippen MR) is 160 cm³/mol. The third kappa shape index (κ3) is 8.77. The number of benzene rings is 1. The maximum atomic E-state index is 12.6. The second-order valence-corrected chi connectivity index (χ2v) is 12.0. The Balaban J connectivity index is 1.44. The average molecular weight is 563 g/mol. The first kappa shape index (κ1) is 30.0. The number of nitrogens with one attached hydrogen (secondary N) is 3. The van der Waals surface area contributed by atoms with Crippen molar-refractivity contribution < 1.29 is 19.1 Å². The van der Waals surface area contributed by atoms with Crippen molar-refractivity contribution in [2.24, 2.45) is 5.92 Å². The largest absolute Gasteiger partial charge is 0.453 e. The zero-order chi connectivity index (χ0) is 29.6. The van der Waals surface area contributed by atoms with Crippen molar-refractivity contribution in [1.29, 1.82) is 0 Å². The van der Waals surface area contributed by atoms with Crippen molar-refractivity contribution >= 4 is 34.7 Å². The number of ether oxygens (including phenoxy) is 2. The van der Waals surface area contributed by atoms with Crippen molar-refractivity contribution in [3.63, 3.8) is 0 Å². The fourth-order valence-electron chi connectivity index (χ4n) is 4.82. The number of hydrogen-bond acceptors (Lipinski definition) is 9. The summed E-state index contributed by atoms with van der Waals surface area (Å²) in [4.78, 5) is 38.8. The number of alkyl carbamates (subject to hydrolysis) is 1. The third-order valence-corrected chi connectivity index (χ3v) is 6.86. The number of carbonyl (C=O) groups excluding carboxylic acids is 2. The van der Waals surface area contributed by atoms with E-state index in [2.05, 4.69) is 25.9 Å². The number of fused-ring (bicyclic) bond motifs is 1. The molecule has 2 heterocycles. The summed E-state index contributed by atoms with van der Waals surface area (Å²) in [6.07, 6.45) is 4.54. The molecule has 4 rings (SSSR count). The van der Waals surface area contributed by atoms with Crippen LogP contribution in [0.15, 0.2) is 42.6 Å². The summed E-state index contributed by atoms with van der Waals surface area (Å²) >= 11 is 0. The van der Waals surface area contributed by atoms with Gasteiger partial charge in [-0.2, -0.15) is 4.98 Å². The number of anilines is 2. The monoisotopic (exact) mass is 562 g/mol. The number of rotatable bonds is 9. The number of aromatic nitrogens is 3. The summed E-state index contributed by atoms with van der Waals surface area (Å²) in [5.74, 6) is 1.27. The van der Waals surface area contributed by atoms with E-state index in [4.69, 9.17) is 14.5 Å². The Morgan fingerprint density at radius 1 is 1.02 bits per heavy atom. The van der Waals surface area contributed by atoms with Crippen LogP contribution in [-0.4, -0.2) is 51.2 Å². The number of esters is 1. The van der Waals surface area contributed by atoms with E-state index in [9.17, 15) is 9.59 Å². The lowest BCUT2D eigenvalue weighted by Gasteiger charge is -2.30. The molecule has 1 aliphatic rings. The Bertz CT molecular complexity index is 1330. The highest BCUT2D eigenvalue weighted by atomic mass is 16.6. The van der Waals surface area contributed by atoms with Gasteiger partial charge in [-0.15, -0.1) is 0 Å². The molecular weight excluding hydrogens is 520 g/mol. The first-order valence-corrected chi connectivity index (χ1v) is 14.4. The summed E-state index contributed by atoms with van der Waals surface area (Å²) in [5.41, 5.74) is 1.30. The van der Waals surface area contributed by atoms with Crippen LogP contribution in [-0.2, 0) is 9.47 Å². The molecule has 1 atom stereocenters. The van der Waals surface area contributed by atoms with Gasteiger partial charge in [-0.05, 0) is 91.3 Å². The molecule has 1 saturated carbocycles. The van der Waals surface area contributed by atoms with Crippen LogP contribution in [0.1, 0.15) is 89.4 Å². The van der Waals surface area contributed by atoms with Crippen molar-refractivity contribution in [1.82, 2.24) is 20.3 Å². The van der Waals surface area contributed by atoms with Gasteiger partial charge in [0, 0.05) is 24.0 Å². The normalized spacial score (nSPS) is 18.0. The molecule has 3 N–H and O–H groups in total. The topological polar surface area (TPSA) is 127 Å². The molecule has 10 heteroatoms. The Kier molecular flexibility index (Phi) is 9.62. The van der Waals surface area contributed by atoms with Crippen LogP contribution in [0.3, 0.4) is 0 Å². The van der Waals surface area contributed by atoms with Crippen molar-refractivity contribution in [3.8, 4) is 0 Å². The average Bonchev–Trinajstić information content (AvgIpc) is 2.91. The summed E-state index contributed by atoms with van der Waals surface area (Å²) in [5, 5.41) is 10.7. The van der Waals surface area contributed by atoms with Gasteiger partial charge < -0.3 is 25.4 Å². The smallest absolute Gasteiger partial charge is 0.407 e. The molecule has 0 bridgehead atoms. The van der Waals surface area contributed by atoms with E-state index < -0.39 is 17.7 Å². The van der Waals surface area contributed by atoms with E-state index in [1.807, 2.05) is 46.8 Å². The third-order valence-electron chi connectivity index (χ3n) is 6.86. The van der Waals surface area contributed by atoms with E-state index in [-0.39, 0.29) is 18.2 Å². The standard InChI is InChI=1S/C31H42N6O4/c1-19(2)34-29-36-26-18-32-25(20(3)40-28(38)22-10-8-7-9-11-22)16-24(26)27(37-29)33-17-21-12-14-23(15-13-21)35-30(39)41-31(4,5)6/h7-11,16,18-21,23H,12-15,17H2,1-6H3,(H,35,39)(H2,33,34,36,37)/t20-,21?,23?/m1/s1. The summed E-state index contributed by atoms with van der Waals surface area (Å²) in [6, 6.07) is 11.1. The zero-order valence-corrected chi connectivity index (χ0v) is 24.9. The SMILES string of the molecule is CC(C)Nc1nc(NCC2CCC(NC(=O)OC(C)(C)C)CC2)c2cc([C@@H](C)OC(=O)c3ccccc3)ncc2n1. The minimum atomic E-state index is -0.554. The molecule has 0 radical (unpaired) electrons. The molecule has 220 valence electrons. The Morgan fingerprint density at radius 3 is 2.39 bits per heavy atom. The molecule has 1 fully saturated rings. The molecule has 0 unspecified atom stereocenters. The second-order valence-electron chi connectivity index (χ2n) is 12.0. The number of hydrogen-bond donors (Lipinski definition) is 3. The van der Waals surface area contributed by atoms with Gasteiger partial charge in [0.15, 0.2) is 0 Å². The van der Waals surface area contributed by atoms with Crippen molar-refractivity contribution in [3.05, 3.63) is 53.9 Å². The predicted octanol–water partition coefficient (Wildman–Crippen LogP) is 6.26. The van der Waals surface area contributed by atoms with Gasteiger partial charge in [0.05, 0.1) is 23.0 Å². The Labute approximate surface area is 242 Å². The highest BCUT2D eigenvalue weighted by Gasteiger charge is 2.25. The molecule has 1 aromatic carbocycles. The van der Waals surface area contributed by atoms with Crippen molar-refractivity contribution in [2.75, 3.05) is 17.2 Å². The fraction of sp³-hybridized carbons (Fsp3) is 0.516. The number of pyridine rings is 1. The second kappa shape index (κ2) is 13.1. The molecule has 41 heavy (non-hydrogen) atoms. The molecule has 0 spiro atoms. The lowest BCUT2D eigenvalue weighted by Crippen LogP contribution is -2.41. The van der Waals surface area contributed by atoms with E-state index in [0.29, 0.717) is 34.5 Å². The molecule has 2 aromatic heterocycles. The first-order chi connectivity index (χ1) is 19.5. The van der Waals surface area contributed by atoms with Crippen LogP contribution in [0.25, 0.3) is 10.9 Å². The van der Waals surface area contributed by atoms with Crippen LogP contribution in [0.4, 0.5) is 16.6 Å². The van der Waals surface area contributed by atoms with Gasteiger partial charge in [-0.1, -0.05) is 18.2 Å². The first-order valence-electron chi connectivity index (χ1n) is 14.4. The number of nitrogens with zero attached hydrogens (tertiary/aromatic N) is 3. The van der Waals surface area contributed by atoms with Gasteiger partial charge >= 0.3 is 12.1 Å². The Morgan fingerprint density at radius 2 is 1.73 bits per heavy atom. The summed E-state index contributed by atoms with van der Waals surface area (Å²) in [6.45, 7) is 12.2. The maximum absolute atomic E-state index is 12.6. The molecule has 1 amide bonds. The zero-order valence-electron chi connectivity index (χ0n) is 24.9. The molecular formula is C31H42N6O4. The van der Waals surface area contributed by atoms with Gasteiger partial charge in [0.25, 0.3) is 0 Å². The van der Waals surface area contributed by atoms with Gasteiger partial charge in [-0.3, -0.25) is 4.98 Å². The van der Waals surface area contributed by atoms with E-state index >= 15 is 0 Å². The van der Waals surface area contributed by atoms with Gasteiger partial charge in [0.1, 0.15) is 17.5 Å². The van der Waals surface area contributed by atoms with Crippen LogP contribution in [0.2, 0.25) is 0 Å². The van der Waals surface area contributed by atoms with Crippen LogP contribution in [0, 0.1) is 5.92 Å². The van der Waals surface area contributed by atoms with E-state index in [0.717, 1.165) is 37.6 Å². The lowest BCUT2D eigenvalue weighted by atomic mass is 9.86. The summed E-state index contributed by atoms with van der Waals surface area (Å²) in [7, 11) is 0. The lowest BCUT2D eigenvalue weighted by molar-refractivity contribution is 0.0329. The van der Waals surface area contributed by atoms with E-state index in [1.165, 1.54) is 0 Å². The summed E-state index contributed by atoms with van der Waals surface area (Å²) < 4.78 is 11.1. The minimum Gasteiger partial charge on any atom is -0.453 e. The van der Waals surface area contributed by atoms with Crippen LogP contribution in [0.5, 0.6) is 0 Å². The maximum Gasteiger partial charge on any atom is 0.407 e. The number of carbonyl (C=O) groups is 2.